The van der Waals surface area contributed by atoms with Crippen molar-refractivity contribution in [1.29, 1.82) is 0 Å². The summed E-state index contributed by atoms with van der Waals surface area (Å²) in [4.78, 5) is 24.7. The molecule has 1 aromatic heterocycles. The van der Waals surface area contributed by atoms with Gasteiger partial charge in [-0.05, 0) is 24.3 Å². The van der Waals surface area contributed by atoms with Gasteiger partial charge in [-0.2, -0.15) is 0 Å². The van der Waals surface area contributed by atoms with Gasteiger partial charge in [-0.3, -0.25) is 4.79 Å². The first-order valence-electron chi connectivity index (χ1n) is 7.91. The van der Waals surface area contributed by atoms with Gasteiger partial charge in [-0.1, -0.05) is 29.8 Å². The van der Waals surface area contributed by atoms with Crippen molar-refractivity contribution in [2.45, 2.75) is 6.61 Å². The Balaban J connectivity index is 1.74. The zero-order valence-electron chi connectivity index (χ0n) is 14.3. The van der Waals surface area contributed by atoms with Gasteiger partial charge in [0.2, 0.25) is 0 Å². The smallest absolute Gasteiger partial charge is 0.349 e. The molecule has 0 aliphatic rings. The van der Waals surface area contributed by atoms with E-state index in [4.69, 9.17) is 21.1 Å². The first kappa shape index (κ1) is 19.3. The predicted octanol–water partition coefficient (Wildman–Crippen LogP) is 4.64. The van der Waals surface area contributed by atoms with Crippen molar-refractivity contribution >= 4 is 50.6 Å². The second kappa shape index (κ2) is 8.47. The zero-order valence-corrected chi connectivity index (χ0v) is 15.8. The Morgan fingerprint density at radius 3 is 2.70 bits per heavy atom. The van der Waals surface area contributed by atoms with Crippen molar-refractivity contribution in [3.8, 4) is 0 Å². The zero-order chi connectivity index (χ0) is 19.4. The summed E-state index contributed by atoms with van der Waals surface area (Å²) in [6.07, 6.45) is 0. The minimum Gasteiger partial charge on any atom is -0.451 e. The summed E-state index contributed by atoms with van der Waals surface area (Å²) in [5.41, 5.74) is 0.830. The minimum absolute atomic E-state index is 0.0528. The molecule has 8 heteroatoms. The number of anilines is 1. The number of fused-ring (bicyclic) bond motifs is 1. The molecule has 0 fully saturated rings. The van der Waals surface area contributed by atoms with Crippen LogP contribution in [0.3, 0.4) is 0 Å². The average molecular weight is 408 g/mol. The number of rotatable bonds is 6. The Hall–Kier alpha value is -2.48. The number of benzene rings is 2. The van der Waals surface area contributed by atoms with Crippen LogP contribution < -0.4 is 5.32 Å². The number of esters is 1. The van der Waals surface area contributed by atoms with Gasteiger partial charge in [0.15, 0.2) is 6.61 Å². The maximum atomic E-state index is 14.2. The van der Waals surface area contributed by atoms with Crippen LogP contribution >= 0.6 is 22.9 Å². The van der Waals surface area contributed by atoms with Crippen molar-refractivity contribution in [2.24, 2.45) is 0 Å². The molecular formula is C19H15ClFNO4S. The third-order valence-corrected chi connectivity index (χ3v) is 5.23. The number of ether oxygens (including phenoxy) is 2. The monoisotopic (exact) mass is 407 g/mol. The molecule has 0 saturated carbocycles. The number of carbonyl (C=O) groups excluding carboxylic acids is 2. The molecule has 0 radical (unpaired) electrons. The molecule has 140 valence electrons. The van der Waals surface area contributed by atoms with Crippen LogP contribution in [0.4, 0.5) is 10.1 Å². The van der Waals surface area contributed by atoms with Crippen LogP contribution in [0, 0.1) is 5.82 Å². The highest BCUT2D eigenvalue weighted by Gasteiger charge is 2.22. The van der Waals surface area contributed by atoms with E-state index in [0.717, 1.165) is 11.3 Å². The van der Waals surface area contributed by atoms with Crippen LogP contribution in [0.1, 0.15) is 15.2 Å². The summed E-state index contributed by atoms with van der Waals surface area (Å²) in [6.45, 7) is -0.440. The highest BCUT2D eigenvalue weighted by Crippen LogP contribution is 2.34. The highest BCUT2D eigenvalue weighted by molar-refractivity contribution is 7.21. The van der Waals surface area contributed by atoms with E-state index in [1.807, 2.05) is 0 Å². The van der Waals surface area contributed by atoms with Gasteiger partial charge in [0.05, 0.1) is 17.3 Å². The maximum Gasteiger partial charge on any atom is 0.349 e. The van der Waals surface area contributed by atoms with Crippen molar-refractivity contribution in [1.82, 2.24) is 0 Å². The summed E-state index contributed by atoms with van der Waals surface area (Å²) in [7, 11) is 1.45. The van der Waals surface area contributed by atoms with Crippen molar-refractivity contribution < 1.29 is 23.5 Å². The first-order chi connectivity index (χ1) is 13.0. The van der Waals surface area contributed by atoms with Crippen LogP contribution in [0.2, 0.25) is 5.02 Å². The van der Waals surface area contributed by atoms with Crippen molar-refractivity contribution in [2.75, 3.05) is 19.0 Å². The second-order valence-electron chi connectivity index (χ2n) is 5.56. The quantitative estimate of drug-likeness (QED) is 0.605. The topological polar surface area (TPSA) is 64.6 Å². The molecule has 0 aliphatic carbocycles. The number of para-hydroxylation sites is 1. The lowest BCUT2D eigenvalue weighted by Gasteiger charge is -2.08. The molecule has 1 heterocycles. The van der Waals surface area contributed by atoms with E-state index < -0.39 is 24.3 Å². The Morgan fingerprint density at radius 2 is 1.96 bits per heavy atom. The lowest BCUT2D eigenvalue weighted by Crippen LogP contribution is -2.21. The lowest BCUT2D eigenvalue weighted by atomic mass is 10.1. The highest BCUT2D eigenvalue weighted by atomic mass is 35.5. The standard InChI is InChI=1S/C19H15ClFNO4S/c1-25-9-11-17-13(21)6-4-8-15(17)27-18(11)19(24)26-10-16(23)22-14-7-3-2-5-12(14)20/h2-8H,9-10H2,1H3,(H,22,23). The summed E-state index contributed by atoms with van der Waals surface area (Å²) in [5, 5.41) is 3.27. The van der Waals surface area contributed by atoms with Crippen molar-refractivity contribution in [3.05, 3.63) is 63.7 Å². The fourth-order valence-electron chi connectivity index (χ4n) is 2.56. The van der Waals surface area contributed by atoms with Gasteiger partial charge in [-0.25, -0.2) is 9.18 Å². The molecule has 0 unspecified atom stereocenters. The molecule has 0 spiro atoms. The fraction of sp³-hybridized carbons (Fsp3) is 0.158. The lowest BCUT2D eigenvalue weighted by molar-refractivity contribution is -0.119. The minimum atomic E-state index is -0.711. The van der Waals surface area contributed by atoms with Crippen molar-refractivity contribution in [3.63, 3.8) is 0 Å². The second-order valence-corrected chi connectivity index (χ2v) is 7.02. The SMILES string of the molecule is COCc1c(C(=O)OCC(=O)Nc2ccccc2Cl)sc2cccc(F)c12. The van der Waals surface area contributed by atoms with E-state index in [9.17, 15) is 14.0 Å². The maximum absolute atomic E-state index is 14.2. The molecule has 0 atom stereocenters. The van der Waals surface area contributed by atoms with Crippen LogP contribution in [-0.4, -0.2) is 25.6 Å². The van der Waals surface area contributed by atoms with Crippen LogP contribution in [0.25, 0.3) is 10.1 Å². The van der Waals surface area contributed by atoms with E-state index in [1.165, 1.54) is 13.2 Å². The molecule has 27 heavy (non-hydrogen) atoms. The number of nitrogens with one attached hydrogen (secondary N) is 1. The fourth-order valence-corrected chi connectivity index (χ4v) is 3.86. The molecule has 5 nitrogen and oxygen atoms in total. The number of thiophene rings is 1. The van der Waals surface area contributed by atoms with E-state index in [2.05, 4.69) is 5.32 Å². The van der Waals surface area contributed by atoms with E-state index in [1.54, 1.807) is 36.4 Å². The van der Waals surface area contributed by atoms with Crippen LogP contribution in [0.5, 0.6) is 0 Å². The summed E-state index contributed by atoms with van der Waals surface area (Å²) < 4.78 is 25.0. The Labute approximate surface area is 163 Å². The molecule has 3 aromatic rings. The molecule has 0 aliphatic heterocycles. The molecule has 0 saturated heterocycles. The van der Waals surface area contributed by atoms with E-state index in [0.29, 0.717) is 26.4 Å². The number of hydrogen-bond donors (Lipinski definition) is 1. The summed E-state index contributed by atoms with van der Waals surface area (Å²) >= 11 is 7.07. The van der Waals surface area contributed by atoms with Crippen LogP contribution in [-0.2, 0) is 20.9 Å². The first-order valence-corrected chi connectivity index (χ1v) is 9.11. The molecule has 1 N–H and O–H groups in total. The summed E-state index contributed by atoms with van der Waals surface area (Å²) in [5.74, 6) is -1.68. The Bertz CT molecular complexity index is 1000. The number of hydrogen-bond acceptors (Lipinski definition) is 5. The largest absolute Gasteiger partial charge is 0.451 e. The van der Waals surface area contributed by atoms with E-state index >= 15 is 0 Å². The van der Waals surface area contributed by atoms with Gasteiger partial charge in [0.25, 0.3) is 5.91 Å². The van der Waals surface area contributed by atoms with Crippen LogP contribution in [0.15, 0.2) is 42.5 Å². The van der Waals surface area contributed by atoms with Gasteiger partial charge in [0.1, 0.15) is 10.7 Å². The number of amides is 1. The van der Waals surface area contributed by atoms with E-state index in [-0.39, 0.29) is 11.5 Å². The third kappa shape index (κ3) is 4.27. The van der Waals surface area contributed by atoms with Gasteiger partial charge < -0.3 is 14.8 Å². The molecular weight excluding hydrogens is 393 g/mol. The molecule has 2 aromatic carbocycles. The molecule has 1 amide bonds. The number of halogens is 2. The van der Waals surface area contributed by atoms with Gasteiger partial charge in [-0.15, -0.1) is 11.3 Å². The predicted molar refractivity (Wildman–Crippen MR) is 103 cm³/mol. The van der Waals surface area contributed by atoms with Gasteiger partial charge in [0, 0.05) is 22.8 Å². The third-order valence-electron chi connectivity index (χ3n) is 3.72. The average Bonchev–Trinajstić information content (AvgIpc) is 3.02. The normalized spacial score (nSPS) is 10.8. The molecule has 0 bridgehead atoms. The number of methoxy groups -OCH3 is 1. The van der Waals surface area contributed by atoms with Gasteiger partial charge >= 0.3 is 5.97 Å². The number of carbonyl (C=O) groups is 2. The summed E-state index contributed by atoms with van der Waals surface area (Å²) in [6, 6.07) is 11.3. The Morgan fingerprint density at radius 1 is 1.19 bits per heavy atom. The molecule has 3 rings (SSSR count). The Kier molecular flexibility index (Phi) is 6.05.